The number of hydrogen-bond acceptors (Lipinski definition) is 7. The fourth-order valence-electron chi connectivity index (χ4n) is 4.01. The maximum Gasteiger partial charge on any atom is 0.231 e. The first-order valence-corrected chi connectivity index (χ1v) is 9.13. The van der Waals surface area contributed by atoms with Crippen molar-refractivity contribution in [3.63, 3.8) is 0 Å². The van der Waals surface area contributed by atoms with E-state index in [0.29, 0.717) is 13.0 Å². The van der Waals surface area contributed by atoms with Crippen molar-refractivity contribution in [2.45, 2.75) is 26.4 Å². The van der Waals surface area contributed by atoms with Gasteiger partial charge in [-0.25, -0.2) is 0 Å². The summed E-state index contributed by atoms with van der Waals surface area (Å²) in [5.41, 5.74) is 3.73. The van der Waals surface area contributed by atoms with Gasteiger partial charge in [-0.2, -0.15) is 0 Å². The molecule has 0 spiro atoms. The van der Waals surface area contributed by atoms with E-state index in [1.165, 1.54) is 0 Å². The molecule has 2 aliphatic rings. The number of benzene rings is 1. The predicted octanol–water partition coefficient (Wildman–Crippen LogP) is 2.61. The van der Waals surface area contributed by atoms with E-state index in [4.69, 9.17) is 14.0 Å². The third-order valence-electron chi connectivity index (χ3n) is 5.30. The number of rotatable bonds is 3. The third kappa shape index (κ3) is 2.88. The Bertz CT molecular complexity index is 1020. The van der Waals surface area contributed by atoms with Crippen molar-refractivity contribution in [2.24, 2.45) is 5.92 Å². The minimum atomic E-state index is -0.423. The fourth-order valence-corrected chi connectivity index (χ4v) is 4.01. The van der Waals surface area contributed by atoms with Crippen LogP contribution in [0.5, 0.6) is 11.5 Å². The summed E-state index contributed by atoms with van der Waals surface area (Å²) in [6.07, 6.45) is 0.250. The topological polar surface area (TPSA) is 80.9 Å². The second kappa shape index (κ2) is 6.13. The minimum absolute atomic E-state index is 0.0925. The molecule has 3 aromatic rings. The zero-order chi connectivity index (χ0) is 18.5. The first kappa shape index (κ1) is 16.4. The maximum atomic E-state index is 10.6. The molecule has 140 valence electrons. The van der Waals surface area contributed by atoms with Gasteiger partial charge >= 0.3 is 0 Å². The normalized spacial score (nSPS) is 21.4. The monoisotopic (exact) mass is 367 g/mol. The van der Waals surface area contributed by atoms with E-state index in [1.807, 2.05) is 32.0 Å². The molecule has 4 heterocycles. The molecule has 2 aromatic heterocycles. The third-order valence-corrected chi connectivity index (χ3v) is 5.30. The average Bonchev–Trinajstić information content (AvgIpc) is 3.34. The molecule has 0 unspecified atom stereocenters. The first-order chi connectivity index (χ1) is 13.1. The van der Waals surface area contributed by atoms with Gasteiger partial charge in [0, 0.05) is 54.3 Å². The number of fused-ring (bicyclic) bond motifs is 2. The molecule has 0 saturated carbocycles. The molecule has 0 aliphatic carbocycles. The second-order valence-corrected chi connectivity index (χ2v) is 7.38. The Balaban J connectivity index is 1.48. The molecule has 2 aliphatic heterocycles. The van der Waals surface area contributed by atoms with Crippen LogP contribution in [0.1, 0.15) is 17.1 Å². The predicted molar refractivity (Wildman–Crippen MR) is 99.3 cm³/mol. The number of pyridine rings is 1. The summed E-state index contributed by atoms with van der Waals surface area (Å²) in [6, 6.07) is 7.91. The Kier molecular flexibility index (Phi) is 3.72. The van der Waals surface area contributed by atoms with E-state index >= 15 is 0 Å². The smallest absolute Gasteiger partial charge is 0.231 e. The van der Waals surface area contributed by atoms with Crippen molar-refractivity contribution in [1.82, 2.24) is 10.1 Å². The van der Waals surface area contributed by atoms with Gasteiger partial charge in [0.05, 0.1) is 17.3 Å². The molecule has 5 rings (SSSR count). The van der Waals surface area contributed by atoms with Gasteiger partial charge in [-0.1, -0.05) is 5.16 Å². The molecule has 1 fully saturated rings. The number of aliphatic hydroxyl groups excluding tert-OH is 1. The Morgan fingerprint density at radius 2 is 1.89 bits per heavy atom. The number of nitrogens with zero attached hydrogens (tertiary/aromatic N) is 3. The van der Waals surface area contributed by atoms with Crippen LogP contribution in [-0.2, 0) is 6.42 Å². The van der Waals surface area contributed by atoms with Gasteiger partial charge < -0.3 is 24.0 Å². The number of β-amino-alcohol motifs (C(OH)–C–C–N with tert-alkyl or cyclic N) is 1. The van der Waals surface area contributed by atoms with Crippen LogP contribution in [0.15, 0.2) is 28.8 Å². The SMILES string of the molecule is Cc1cc(C[C@@H]2CN(c3cc(C)nc4cc5c(cc34)OCO5)C[C@@H]2O)on1. The average molecular weight is 367 g/mol. The standard InChI is InChI=1S/C20H21N3O4/c1-11-4-17(15-6-19-20(26-10-25-19)7-16(15)21-11)23-8-13(18(24)9-23)5-14-3-12(2)22-27-14/h3-4,6-7,13,18,24H,5,8-10H2,1-2H3/t13-,18+/m1/s1. The van der Waals surface area contributed by atoms with Gasteiger partial charge in [-0.3, -0.25) is 4.98 Å². The summed E-state index contributed by atoms with van der Waals surface area (Å²) in [6.45, 7) is 5.44. The Hall–Kier alpha value is -2.80. The van der Waals surface area contributed by atoms with E-state index in [2.05, 4.69) is 21.1 Å². The molecule has 7 nitrogen and oxygen atoms in total. The molecule has 2 atom stereocenters. The Labute approximate surface area is 156 Å². The number of aromatic nitrogens is 2. The molecule has 0 bridgehead atoms. The van der Waals surface area contributed by atoms with Crippen molar-refractivity contribution in [3.8, 4) is 11.5 Å². The molecule has 27 heavy (non-hydrogen) atoms. The lowest BCUT2D eigenvalue weighted by atomic mass is 10.0. The van der Waals surface area contributed by atoms with Crippen LogP contribution in [0.25, 0.3) is 10.9 Å². The summed E-state index contributed by atoms with van der Waals surface area (Å²) in [5, 5.41) is 15.6. The molecular weight excluding hydrogens is 346 g/mol. The highest BCUT2D eigenvalue weighted by Gasteiger charge is 2.33. The highest BCUT2D eigenvalue weighted by molar-refractivity contribution is 5.94. The van der Waals surface area contributed by atoms with Crippen LogP contribution in [0.4, 0.5) is 5.69 Å². The highest BCUT2D eigenvalue weighted by Crippen LogP contribution is 2.40. The van der Waals surface area contributed by atoms with Crippen LogP contribution in [0.3, 0.4) is 0 Å². The maximum absolute atomic E-state index is 10.6. The van der Waals surface area contributed by atoms with Crippen LogP contribution < -0.4 is 14.4 Å². The fraction of sp³-hybridized carbons (Fsp3) is 0.400. The molecule has 0 radical (unpaired) electrons. The molecular formula is C20H21N3O4. The number of anilines is 1. The van der Waals surface area contributed by atoms with E-state index in [1.54, 1.807) is 0 Å². The molecule has 1 N–H and O–H groups in total. The number of hydrogen-bond donors (Lipinski definition) is 1. The highest BCUT2D eigenvalue weighted by atomic mass is 16.7. The van der Waals surface area contributed by atoms with Gasteiger partial charge in [-0.05, 0) is 26.0 Å². The van der Waals surface area contributed by atoms with Crippen molar-refractivity contribution < 1.29 is 19.1 Å². The van der Waals surface area contributed by atoms with E-state index in [9.17, 15) is 5.11 Å². The second-order valence-electron chi connectivity index (χ2n) is 7.38. The Morgan fingerprint density at radius 1 is 1.07 bits per heavy atom. The van der Waals surface area contributed by atoms with Gasteiger partial charge in [0.1, 0.15) is 5.76 Å². The molecule has 1 saturated heterocycles. The number of aryl methyl sites for hydroxylation is 2. The minimum Gasteiger partial charge on any atom is -0.454 e. The lowest BCUT2D eigenvalue weighted by Gasteiger charge is -2.21. The first-order valence-electron chi connectivity index (χ1n) is 9.13. The Morgan fingerprint density at radius 3 is 2.67 bits per heavy atom. The van der Waals surface area contributed by atoms with Crippen molar-refractivity contribution in [1.29, 1.82) is 0 Å². The zero-order valence-corrected chi connectivity index (χ0v) is 15.3. The van der Waals surface area contributed by atoms with Gasteiger partial charge in [-0.15, -0.1) is 0 Å². The number of aliphatic hydroxyl groups is 1. The van der Waals surface area contributed by atoms with E-state index < -0.39 is 6.10 Å². The van der Waals surface area contributed by atoms with Gasteiger partial charge in [0.25, 0.3) is 0 Å². The zero-order valence-electron chi connectivity index (χ0n) is 15.3. The summed E-state index contributed by atoms with van der Waals surface area (Å²) < 4.78 is 16.4. The van der Waals surface area contributed by atoms with E-state index in [0.717, 1.165) is 51.8 Å². The lowest BCUT2D eigenvalue weighted by Crippen LogP contribution is -2.21. The van der Waals surface area contributed by atoms with Crippen LogP contribution in [0.2, 0.25) is 0 Å². The van der Waals surface area contributed by atoms with E-state index in [-0.39, 0.29) is 12.7 Å². The summed E-state index contributed by atoms with van der Waals surface area (Å²) in [7, 11) is 0. The van der Waals surface area contributed by atoms with Gasteiger partial charge in [0.2, 0.25) is 6.79 Å². The summed E-state index contributed by atoms with van der Waals surface area (Å²) in [4.78, 5) is 6.87. The summed E-state index contributed by atoms with van der Waals surface area (Å²) >= 11 is 0. The summed E-state index contributed by atoms with van der Waals surface area (Å²) in [5.74, 6) is 2.38. The van der Waals surface area contributed by atoms with Crippen LogP contribution in [-0.4, -0.2) is 41.2 Å². The van der Waals surface area contributed by atoms with Crippen molar-refractivity contribution in [2.75, 3.05) is 24.8 Å². The lowest BCUT2D eigenvalue weighted by molar-refractivity contribution is 0.143. The van der Waals surface area contributed by atoms with Crippen molar-refractivity contribution >= 4 is 16.6 Å². The molecule has 0 amide bonds. The quantitative estimate of drug-likeness (QED) is 0.762. The number of ether oxygens (including phenoxy) is 2. The van der Waals surface area contributed by atoms with Crippen molar-refractivity contribution in [3.05, 3.63) is 41.4 Å². The molecule has 7 heteroatoms. The molecule has 1 aromatic carbocycles. The van der Waals surface area contributed by atoms with Crippen LogP contribution in [0, 0.1) is 19.8 Å². The van der Waals surface area contributed by atoms with Gasteiger partial charge in [0.15, 0.2) is 11.5 Å². The largest absolute Gasteiger partial charge is 0.454 e. The van der Waals surface area contributed by atoms with Crippen LogP contribution >= 0.6 is 0 Å².